The number of ether oxygens (including phenoxy) is 3. The summed E-state index contributed by atoms with van der Waals surface area (Å²) in [5, 5.41) is 2.48. The van der Waals surface area contributed by atoms with Gasteiger partial charge in [0, 0.05) is 37.4 Å². The Bertz CT molecular complexity index is 1140. The third kappa shape index (κ3) is 8.21. The molecule has 1 aliphatic heterocycles. The molecule has 0 fully saturated rings. The lowest BCUT2D eigenvalue weighted by molar-refractivity contribution is -0.120. The van der Waals surface area contributed by atoms with E-state index in [4.69, 9.17) is 25.7 Å². The highest BCUT2D eigenvalue weighted by Crippen LogP contribution is 2.29. The van der Waals surface area contributed by atoms with Gasteiger partial charge in [-0.25, -0.2) is 9.18 Å². The smallest absolute Gasteiger partial charge is 0.405 e. The molecule has 11 heteroatoms. The van der Waals surface area contributed by atoms with Gasteiger partial charge >= 0.3 is 6.09 Å². The van der Waals surface area contributed by atoms with E-state index < -0.39 is 54.0 Å². The van der Waals surface area contributed by atoms with Gasteiger partial charge in [-0.2, -0.15) is 0 Å². The number of primary amides is 1. The molecule has 2 aliphatic rings. The van der Waals surface area contributed by atoms with Gasteiger partial charge < -0.3 is 31.0 Å². The zero-order valence-electron chi connectivity index (χ0n) is 23.2. The monoisotopic (exact) mass is 547 g/mol. The number of carbonyl (C=O) groups excluding carboxylic acids is 4. The fourth-order valence-electron chi connectivity index (χ4n) is 4.58. The van der Waals surface area contributed by atoms with Crippen molar-refractivity contribution >= 4 is 23.6 Å². The van der Waals surface area contributed by atoms with E-state index in [-0.39, 0.29) is 41.3 Å². The molecule has 214 valence electrons. The first-order chi connectivity index (χ1) is 18.3. The normalized spacial score (nSPS) is 33.3. The molecular formula is C28H38FN3O7. The minimum atomic E-state index is -1.46. The lowest BCUT2D eigenvalue weighted by Gasteiger charge is -2.28. The number of nitrogens with two attached hydrogens (primary N) is 2. The van der Waals surface area contributed by atoms with Crippen LogP contribution in [0.1, 0.15) is 40.5 Å². The van der Waals surface area contributed by atoms with Crippen molar-refractivity contribution in [1.29, 1.82) is 0 Å². The summed E-state index contributed by atoms with van der Waals surface area (Å²) >= 11 is 0. The zero-order valence-corrected chi connectivity index (χ0v) is 23.2. The number of fused-ring (bicyclic) bond motifs is 2. The fourth-order valence-corrected chi connectivity index (χ4v) is 4.58. The van der Waals surface area contributed by atoms with Crippen LogP contribution in [0.5, 0.6) is 0 Å². The first kappa shape index (κ1) is 31.6. The third-order valence-corrected chi connectivity index (χ3v) is 6.77. The number of halogens is 1. The molecule has 2 amide bonds. The molecule has 0 radical (unpaired) electrons. The number of hydrogen-bond donors (Lipinski definition) is 3. The number of allylic oxidation sites excluding steroid dienone is 5. The largest absolute Gasteiger partial charge is 0.439 e. The lowest BCUT2D eigenvalue weighted by Crippen LogP contribution is -2.36. The average Bonchev–Trinajstić information content (AvgIpc) is 2.88. The Hall–Kier alpha value is -3.57. The number of Topliss-reactive ketones (excluding diaryl/α,β-unsaturated/α-hetero) is 1. The van der Waals surface area contributed by atoms with Crippen LogP contribution in [0.25, 0.3) is 0 Å². The Morgan fingerprint density at radius 2 is 1.79 bits per heavy atom. The molecule has 6 atom stereocenters. The third-order valence-electron chi connectivity index (χ3n) is 6.77. The number of nitrogens with one attached hydrogen (secondary N) is 1. The molecular weight excluding hydrogens is 509 g/mol. The average molecular weight is 548 g/mol. The molecule has 0 saturated heterocycles. The number of methoxy groups -OCH3 is 2. The Morgan fingerprint density at radius 1 is 1.13 bits per heavy atom. The van der Waals surface area contributed by atoms with E-state index in [1.807, 2.05) is 0 Å². The van der Waals surface area contributed by atoms with Crippen LogP contribution in [-0.4, -0.2) is 62.3 Å². The maximum Gasteiger partial charge on any atom is 0.405 e. The van der Waals surface area contributed by atoms with E-state index in [9.17, 15) is 19.2 Å². The van der Waals surface area contributed by atoms with E-state index in [0.717, 1.165) is 6.08 Å². The molecule has 0 aromatic carbocycles. The van der Waals surface area contributed by atoms with Gasteiger partial charge in [0.05, 0.1) is 17.5 Å². The molecule has 1 aliphatic carbocycles. The number of carbonyl (C=O) groups is 4. The second-order valence-electron chi connectivity index (χ2n) is 9.92. The van der Waals surface area contributed by atoms with Crippen LogP contribution in [-0.2, 0) is 28.6 Å². The predicted octanol–water partition coefficient (Wildman–Crippen LogP) is 2.70. The fraction of sp³-hybridized carbons (Fsp3) is 0.500. The molecule has 5 N–H and O–H groups in total. The van der Waals surface area contributed by atoms with Crippen molar-refractivity contribution in [3.63, 3.8) is 0 Å². The van der Waals surface area contributed by atoms with E-state index in [0.29, 0.717) is 5.57 Å². The maximum atomic E-state index is 15.6. The van der Waals surface area contributed by atoms with Crippen molar-refractivity contribution in [3.05, 3.63) is 58.5 Å². The molecule has 0 saturated carbocycles. The van der Waals surface area contributed by atoms with Crippen molar-refractivity contribution in [3.8, 4) is 0 Å². The maximum absolute atomic E-state index is 15.6. The van der Waals surface area contributed by atoms with Crippen LogP contribution < -0.4 is 16.8 Å². The predicted molar refractivity (Wildman–Crippen MR) is 143 cm³/mol. The molecule has 39 heavy (non-hydrogen) atoms. The molecule has 1 heterocycles. The Kier molecular flexibility index (Phi) is 11.4. The molecule has 2 rings (SSSR count). The van der Waals surface area contributed by atoms with Gasteiger partial charge in [0.25, 0.3) is 5.91 Å². The Balaban J connectivity index is 2.58. The standard InChI is InChI=1S/C28H38FN3O7/c1-14-10-18-24(30)20(33)13-19(25(18)34)32-27(35)15(2)8-7-9-21(37-5)26(39-28(31)36)17(4)12-16(3)23(29)22(11-14)38-6/h7-9,12-14,16,21-23,26H,10-11,30H2,1-6H3,(H2,31,36)(H,32,35)/b9-7-,15-8+,17-12+/t14-,16+,21+,22+,23+,26+/m1/s1. The number of hydrogen-bond acceptors (Lipinski definition) is 8. The summed E-state index contributed by atoms with van der Waals surface area (Å²) in [7, 11) is 2.79. The Labute approximate surface area is 228 Å². The number of ketones is 2. The number of amides is 2. The van der Waals surface area contributed by atoms with E-state index in [2.05, 4.69) is 5.32 Å². The minimum Gasteiger partial charge on any atom is -0.439 e. The van der Waals surface area contributed by atoms with Crippen molar-refractivity contribution in [2.24, 2.45) is 23.3 Å². The first-order valence-corrected chi connectivity index (χ1v) is 12.6. The van der Waals surface area contributed by atoms with Gasteiger partial charge in [0.15, 0.2) is 6.10 Å². The zero-order chi connectivity index (χ0) is 29.4. The van der Waals surface area contributed by atoms with Gasteiger partial charge in [-0.3, -0.25) is 14.4 Å². The van der Waals surface area contributed by atoms with Crippen LogP contribution in [0.3, 0.4) is 0 Å². The van der Waals surface area contributed by atoms with Crippen LogP contribution >= 0.6 is 0 Å². The summed E-state index contributed by atoms with van der Waals surface area (Å²) in [5.74, 6) is -2.74. The van der Waals surface area contributed by atoms with Crippen LogP contribution in [0, 0.1) is 11.8 Å². The number of alkyl halides is 1. The summed E-state index contributed by atoms with van der Waals surface area (Å²) < 4.78 is 31.9. The summed E-state index contributed by atoms with van der Waals surface area (Å²) in [6.45, 7) is 6.64. The van der Waals surface area contributed by atoms with Crippen molar-refractivity contribution in [2.45, 2.75) is 65.0 Å². The van der Waals surface area contributed by atoms with E-state index in [1.54, 1.807) is 32.9 Å². The van der Waals surface area contributed by atoms with Gasteiger partial charge in [-0.05, 0) is 38.2 Å². The summed E-state index contributed by atoms with van der Waals surface area (Å²) in [6.07, 6.45) is 2.30. The summed E-state index contributed by atoms with van der Waals surface area (Å²) in [6, 6.07) is 0. The second kappa shape index (κ2) is 14.0. The second-order valence-corrected chi connectivity index (χ2v) is 9.92. The minimum absolute atomic E-state index is 0.0631. The molecule has 0 aromatic rings. The highest BCUT2D eigenvalue weighted by molar-refractivity contribution is 6.23. The van der Waals surface area contributed by atoms with Crippen molar-refractivity contribution in [2.75, 3.05) is 14.2 Å². The highest BCUT2D eigenvalue weighted by Gasteiger charge is 2.33. The molecule has 2 bridgehead atoms. The summed E-state index contributed by atoms with van der Waals surface area (Å²) in [5.41, 5.74) is 11.6. The molecule has 0 unspecified atom stereocenters. The Morgan fingerprint density at radius 3 is 2.38 bits per heavy atom. The molecule has 10 nitrogen and oxygen atoms in total. The quantitative estimate of drug-likeness (QED) is 0.359. The van der Waals surface area contributed by atoms with E-state index >= 15 is 4.39 Å². The topological polar surface area (TPSA) is 160 Å². The van der Waals surface area contributed by atoms with Crippen LogP contribution in [0.4, 0.5) is 9.18 Å². The van der Waals surface area contributed by atoms with E-state index in [1.165, 1.54) is 33.3 Å². The van der Waals surface area contributed by atoms with Crippen molar-refractivity contribution < 1.29 is 37.8 Å². The van der Waals surface area contributed by atoms with Crippen LogP contribution in [0.2, 0.25) is 0 Å². The van der Waals surface area contributed by atoms with Crippen LogP contribution in [0.15, 0.2) is 58.5 Å². The summed E-state index contributed by atoms with van der Waals surface area (Å²) in [4.78, 5) is 50.0. The van der Waals surface area contributed by atoms with Gasteiger partial charge in [-0.15, -0.1) is 0 Å². The highest BCUT2D eigenvalue weighted by atomic mass is 19.1. The van der Waals surface area contributed by atoms with Crippen molar-refractivity contribution in [1.82, 2.24) is 5.32 Å². The first-order valence-electron chi connectivity index (χ1n) is 12.6. The molecule has 0 aromatic heterocycles. The van der Waals surface area contributed by atoms with Gasteiger partial charge in [-0.1, -0.05) is 38.2 Å². The van der Waals surface area contributed by atoms with Gasteiger partial charge in [0.1, 0.15) is 12.3 Å². The SMILES string of the molecule is CO[C@H]1/C=C\C=C(/C)C(=O)NC2=CC(=O)C(N)=C(C[C@@H](C)C[C@H](OC)[C@@H](F)[C@@H](C)/C=C(\C)[C@@H]1OC(N)=O)C2=O. The molecule has 0 spiro atoms. The lowest BCUT2D eigenvalue weighted by atomic mass is 9.85. The van der Waals surface area contributed by atoms with Gasteiger partial charge in [0.2, 0.25) is 11.6 Å². The number of rotatable bonds is 3.